The normalized spacial score (nSPS) is 21.0. The molecule has 5 atom stereocenters. The lowest BCUT2D eigenvalue weighted by molar-refractivity contribution is -0.0907. The van der Waals surface area contributed by atoms with Crippen molar-refractivity contribution in [1.82, 2.24) is 14.5 Å². The summed E-state index contributed by atoms with van der Waals surface area (Å²) in [6.07, 6.45) is -2.08. The average molecular weight is 663 g/mol. The Labute approximate surface area is 270 Å². The van der Waals surface area contributed by atoms with Gasteiger partial charge >= 0.3 is 12.2 Å². The molecule has 0 unspecified atom stereocenters. The molecule has 2 aromatic carbocycles. The van der Waals surface area contributed by atoms with Gasteiger partial charge in [0.25, 0.3) is 0 Å². The Kier molecular flexibility index (Phi) is 11.9. The highest BCUT2D eigenvalue weighted by Crippen LogP contribution is 2.33. The van der Waals surface area contributed by atoms with E-state index in [4.69, 9.17) is 19.9 Å². The first-order valence-corrected chi connectivity index (χ1v) is 16.9. The first-order chi connectivity index (χ1) is 21.7. The van der Waals surface area contributed by atoms with Gasteiger partial charge in [0.2, 0.25) is 10.0 Å². The number of benzene rings is 2. The molecule has 4 rings (SSSR count). The Hall–Kier alpha value is -3.43. The number of alkyl carbamates (subject to hydrolysis) is 1. The maximum Gasteiger partial charge on any atom is 0.407 e. The summed E-state index contributed by atoms with van der Waals surface area (Å²) in [6.45, 7) is 4.48. The molecule has 0 saturated carbocycles. The summed E-state index contributed by atoms with van der Waals surface area (Å²) in [5, 5.41) is 23.6. The second-order valence-corrected chi connectivity index (χ2v) is 14.8. The van der Waals surface area contributed by atoms with Gasteiger partial charge in [0.05, 0.1) is 36.2 Å². The van der Waals surface area contributed by atoms with Crippen LogP contribution in [0.15, 0.2) is 59.5 Å². The van der Waals surface area contributed by atoms with Crippen LogP contribution in [-0.4, -0.2) is 104 Å². The maximum atomic E-state index is 14.0. The summed E-state index contributed by atoms with van der Waals surface area (Å²) < 4.78 is 46.1. The molecule has 2 aliphatic heterocycles. The van der Waals surface area contributed by atoms with Crippen LogP contribution in [0.2, 0.25) is 0 Å². The number of nitrogens with zero attached hydrogens (tertiary/aromatic N) is 2. The standard InChI is InChI=1S/C32H46N4O9S/c1-32(2,14-8-15-35(3)31(39)40)21-36(46(41,42)24-12-7-11-23(33)18-24)19-27(37)26(17-22-9-5-4-6-10-22)34-30(38)45-28-20-44-29-25(28)13-16-43-29/h4-7,9-12,18,25-29,37H,8,13-17,19-21,33H2,1-3H3,(H,34,38)(H,39,40)/t25-,26-,27+,28-,29+/m0/s1. The minimum Gasteiger partial charge on any atom is -0.465 e. The van der Waals surface area contributed by atoms with Crippen LogP contribution in [0.25, 0.3) is 0 Å². The molecule has 0 aliphatic carbocycles. The van der Waals surface area contributed by atoms with E-state index in [1.807, 2.05) is 44.2 Å². The van der Waals surface area contributed by atoms with Gasteiger partial charge in [-0.1, -0.05) is 50.2 Å². The third kappa shape index (κ3) is 9.55. The lowest BCUT2D eigenvalue weighted by atomic mass is 9.87. The zero-order valence-corrected chi connectivity index (χ0v) is 27.4. The zero-order valence-electron chi connectivity index (χ0n) is 26.6. The van der Waals surface area contributed by atoms with Gasteiger partial charge < -0.3 is 40.4 Å². The number of rotatable bonds is 15. The van der Waals surface area contributed by atoms with Gasteiger partial charge in [0.15, 0.2) is 6.29 Å². The smallest absolute Gasteiger partial charge is 0.407 e. The van der Waals surface area contributed by atoms with Crippen molar-refractivity contribution in [2.24, 2.45) is 11.3 Å². The Bertz CT molecular complexity index is 1430. The molecule has 0 radical (unpaired) electrons. The number of amides is 2. The monoisotopic (exact) mass is 662 g/mol. The SMILES string of the molecule is CN(CCCC(C)(C)CN(C[C@@H](O)[C@H](Cc1ccccc1)NC(=O)O[C@H]1CO[C@H]2OCC[C@H]21)S(=O)(=O)c1cccc(N)c1)C(=O)O. The highest BCUT2D eigenvalue weighted by atomic mass is 32.2. The summed E-state index contributed by atoms with van der Waals surface area (Å²) in [5.41, 5.74) is 6.43. The number of hydrogen-bond acceptors (Lipinski definition) is 9. The van der Waals surface area contributed by atoms with E-state index in [9.17, 15) is 28.2 Å². The summed E-state index contributed by atoms with van der Waals surface area (Å²) in [5.74, 6) is -0.0697. The molecule has 0 bridgehead atoms. The van der Waals surface area contributed by atoms with E-state index in [0.29, 0.717) is 25.9 Å². The fourth-order valence-electron chi connectivity index (χ4n) is 5.88. The van der Waals surface area contributed by atoms with Crippen molar-refractivity contribution < 1.29 is 42.4 Å². The average Bonchev–Trinajstić information content (AvgIpc) is 3.62. The summed E-state index contributed by atoms with van der Waals surface area (Å²) in [7, 11) is -2.68. The van der Waals surface area contributed by atoms with Crippen LogP contribution in [0.1, 0.15) is 38.7 Å². The molecule has 14 heteroatoms. The number of ether oxygens (including phenoxy) is 3. The number of nitrogen functional groups attached to an aromatic ring is 1. The van der Waals surface area contributed by atoms with E-state index < -0.39 is 52.2 Å². The zero-order chi connectivity index (χ0) is 33.5. The number of aliphatic hydroxyl groups excluding tert-OH is 1. The van der Waals surface area contributed by atoms with Gasteiger partial charge in [-0.2, -0.15) is 4.31 Å². The molecular formula is C32H46N4O9S. The van der Waals surface area contributed by atoms with E-state index in [1.54, 1.807) is 12.1 Å². The van der Waals surface area contributed by atoms with Gasteiger partial charge in [-0.25, -0.2) is 18.0 Å². The molecular weight excluding hydrogens is 616 g/mol. The molecule has 254 valence electrons. The maximum absolute atomic E-state index is 14.0. The minimum atomic E-state index is -4.16. The van der Waals surface area contributed by atoms with Gasteiger partial charge in [0, 0.05) is 32.4 Å². The van der Waals surface area contributed by atoms with Gasteiger partial charge in [0.1, 0.15) is 6.10 Å². The fourth-order valence-corrected chi connectivity index (χ4v) is 7.58. The van der Waals surface area contributed by atoms with Gasteiger partial charge in [-0.3, -0.25) is 0 Å². The number of hydrogen-bond donors (Lipinski definition) is 4. The summed E-state index contributed by atoms with van der Waals surface area (Å²) in [6, 6.07) is 14.3. The van der Waals surface area contributed by atoms with E-state index in [-0.39, 0.29) is 49.2 Å². The molecule has 0 aromatic heterocycles. The van der Waals surface area contributed by atoms with Crippen LogP contribution in [0.4, 0.5) is 15.3 Å². The molecule has 2 heterocycles. The molecule has 13 nitrogen and oxygen atoms in total. The van der Waals surface area contributed by atoms with Crippen molar-refractivity contribution in [3.05, 3.63) is 60.2 Å². The van der Waals surface area contributed by atoms with Gasteiger partial charge in [-0.05, 0) is 54.9 Å². The van der Waals surface area contributed by atoms with Crippen LogP contribution >= 0.6 is 0 Å². The number of carboxylic acid groups (broad SMARTS) is 1. The molecule has 0 spiro atoms. The Morgan fingerprint density at radius 1 is 1.15 bits per heavy atom. The van der Waals surface area contributed by atoms with E-state index in [1.165, 1.54) is 28.4 Å². The fraction of sp³-hybridized carbons (Fsp3) is 0.562. The van der Waals surface area contributed by atoms with E-state index >= 15 is 0 Å². The van der Waals surface area contributed by atoms with Crippen molar-refractivity contribution >= 4 is 27.9 Å². The first kappa shape index (κ1) is 35.4. The second kappa shape index (κ2) is 15.4. The van der Waals surface area contributed by atoms with Crippen LogP contribution in [-0.2, 0) is 30.7 Å². The van der Waals surface area contributed by atoms with Crippen LogP contribution in [0, 0.1) is 11.3 Å². The van der Waals surface area contributed by atoms with Crippen molar-refractivity contribution in [2.45, 2.75) is 69.0 Å². The molecule has 2 aromatic rings. The van der Waals surface area contributed by atoms with Crippen LogP contribution in [0.5, 0.6) is 0 Å². The van der Waals surface area contributed by atoms with Gasteiger partial charge in [-0.15, -0.1) is 0 Å². The molecule has 2 fully saturated rings. The van der Waals surface area contributed by atoms with Crippen molar-refractivity contribution in [3.8, 4) is 0 Å². The number of carbonyl (C=O) groups is 2. The summed E-state index contributed by atoms with van der Waals surface area (Å²) >= 11 is 0. The molecule has 46 heavy (non-hydrogen) atoms. The highest BCUT2D eigenvalue weighted by molar-refractivity contribution is 7.89. The van der Waals surface area contributed by atoms with E-state index in [0.717, 1.165) is 5.56 Å². The predicted octanol–water partition coefficient (Wildman–Crippen LogP) is 3.14. The Morgan fingerprint density at radius 3 is 2.59 bits per heavy atom. The van der Waals surface area contributed by atoms with Crippen molar-refractivity contribution in [2.75, 3.05) is 45.6 Å². The lowest BCUT2D eigenvalue weighted by Gasteiger charge is -2.35. The second-order valence-electron chi connectivity index (χ2n) is 12.8. The summed E-state index contributed by atoms with van der Waals surface area (Å²) in [4.78, 5) is 25.5. The Balaban J connectivity index is 1.55. The highest BCUT2D eigenvalue weighted by Gasteiger charge is 2.44. The first-order valence-electron chi connectivity index (χ1n) is 15.5. The van der Waals surface area contributed by atoms with Crippen molar-refractivity contribution in [1.29, 1.82) is 0 Å². The number of aliphatic hydroxyl groups is 1. The predicted molar refractivity (Wildman–Crippen MR) is 170 cm³/mol. The Morgan fingerprint density at radius 2 is 1.89 bits per heavy atom. The number of nitrogens with two attached hydrogens (primary N) is 1. The topological polar surface area (TPSA) is 181 Å². The third-order valence-electron chi connectivity index (χ3n) is 8.47. The molecule has 5 N–H and O–H groups in total. The third-order valence-corrected chi connectivity index (χ3v) is 10.3. The molecule has 2 saturated heterocycles. The number of anilines is 1. The minimum absolute atomic E-state index is 0.0168. The largest absolute Gasteiger partial charge is 0.465 e. The number of fused-ring (bicyclic) bond motifs is 1. The van der Waals surface area contributed by atoms with Crippen LogP contribution in [0.3, 0.4) is 0 Å². The number of sulfonamides is 1. The lowest BCUT2D eigenvalue weighted by Crippen LogP contribution is -2.52. The molecule has 2 aliphatic rings. The van der Waals surface area contributed by atoms with E-state index in [2.05, 4.69) is 5.32 Å². The van der Waals surface area contributed by atoms with Crippen LogP contribution < -0.4 is 11.1 Å². The number of carbonyl (C=O) groups excluding carboxylic acids is 1. The molecule has 2 amide bonds. The quantitative estimate of drug-likeness (QED) is 0.207. The number of nitrogens with one attached hydrogen (secondary N) is 1. The van der Waals surface area contributed by atoms with Crippen molar-refractivity contribution in [3.63, 3.8) is 0 Å².